The summed E-state index contributed by atoms with van der Waals surface area (Å²) < 4.78 is 4.66. The van der Waals surface area contributed by atoms with Crippen LogP contribution >= 0.6 is 0 Å². The lowest BCUT2D eigenvalue weighted by Gasteiger charge is -2.04. The van der Waals surface area contributed by atoms with E-state index in [-0.39, 0.29) is 0 Å². The van der Waals surface area contributed by atoms with E-state index in [4.69, 9.17) is 5.11 Å². The molecule has 0 aliphatic carbocycles. The zero-order valence-corrected chi connectivity index (χ0v) is 8.91. The zero-order valence-electron chi connectivity index (χ0n) is 8.91. The van der Waals surface area contributed by atoms with Crippen molar-refractivity contribution in [2.75, 3.05) is 19.7 Å². The first kappa shape index (κ1) is 13.5. The average molecular weight is 218 g/mol. The van der Waals surface area contributed by atoms with Gasteiger partial charge < -0.3 is 20.5 Å². The second kappa shape index (κ2) is 9.11. The highest BCUT2D eigenvalue weighted by molar-refractivity contribution is 5.66. The van der Waals surface area contributed by atoms with Crippen molar-refractivity contribution < 1.29 is 19.4 Å². The molecule has 0 spiro atoms. The lowest BCUT2D eigenvalue weighted by atomic mass is 10.2. The second-order valence-corrected chi connectivity index (χ2v) is 2.94. The van der Waals surface area contributed by atoms with Gasteiger partial charge in [0.25, 0.3) is 0 Å². The third kappa shape index (κ3) is 10.5. The van der Waals surface area contributed by atoms with Gasteiger partial charge in [-0.2, -0.15) is 0 Å². The van der Waals surface area contributed by atoms with Gasteiger partial charge >= 0.3 is 12.2 Å². The summed E-state index contributed by atoms with van der Waals surface area (Å²) >= 11 is 0. The molecule has 6 heteroatoms. The number of unbranched alkanes of at least 4 members (excludes halogenated alkanes) is 2. The van der Waals surface area contributed by atoms with Gasteiger partial charge in [0.1, 0.15) is 0 Å². The minimum atomic E-state index is -1.00. The summed E-state index contributed by atoms with van der Waals surface area (Å²) in [5.74, 6) is 0. The molecule has 3 N–H and O–H groups in total. The molecule has 0 aromatic rings. The fourth-order valence-electron chi connectivity index (χ4n) is 0.995. The number of carbonyl (C=O) groups is 2. The minimum absolute atomic E-state index is 0.369. The number of nitrogens with one attached hydrogen (secondary N) is 2. The molecular formula is C9H18N2O4. The number of carboxylic acid groups (broad SMARTS) is 1. The highest BCUT2D eigenvalue weighted by Crippen LogP contribution is 1.92. The number of rotatable bonds is 7. The molecule has 0 unspecified atom stereocenters. The highest BCUT2D eigenvalue weighted by atomic mass is 16.5. The molecule has 0 heterocycles. The maximum atomic E-state index is 10.8. The van der Waals surface area contributed by atoms with Crippen LogP contribution in [-0.2, 0) is 4.74 Å². The van der Waals surface area contributed by atoms with Gasteiger partial charge in [-0.05, 0) is 26.2 Å². The van der Waals surface area contributed by atoms with Gasteiger partial charge in [-0.25, -0.2) is 9.59 Å². The molecule has 0 aliphatic rings. The van der Waals surface area contributed by atoms with Gasteiger partial charge in [0.15, 0.2) is 0 Å². The highest BCUT2D eigenvalue weighted by Gasteiger charge is 1.98. The first-order valence-corrected chi connectivity index (χ1v) is 5.04. The second-order valence-electron chi connectivity index (χ2n) is 2.94. The van der Waals surface area contributed by atoms with Crippen molar-refractivity contribution in [2.45, 2.75) is 26.2 Å². The van der Waals surface area contributed by atoms with Crippen LogP contribution in [0.25, 0.3) is 0 Å². The molecule has 0 fully saturated rings. The molecule has 0 aromatic carbocycles. The summed E-state index contributed by atoms with van der Waals surface area (Å²) in [6.07, 6.45) is 1.06. The van der Waals surface area contributed by atoms with Crippen molar-refractivity contribution >= 4 is 12.2 Å². The molecule has 0 aromatic heterocycles. The van der Waals surface area contributed by atoms with Crippen LogP contribution in [0.15, 0.2) is 0 Å². The summed E-state index contributed by atoms with van der Waals surface area (Å²) in [5.41, 5.74) is 0. The third-order valence-corrected chi connectivity index (χ3v) is 1.67. The van der Waals surface area contributed by atoms with Crippen LogP contribution in [0.5, 0.6) is 0 Å². The van der Waals surface area contributed by atoms with E-state index < -0.39 is 12.2 Å². The molecule has 2 amide bonds. The Kier molecular flexibility index (Phi) is 8.22. The Balaban J connectivity index is 3.11. The van der Waals surface area contributed by atoms with Crippen LogP contribution in [0.4, 0.5) is 9.59 Å². The van der Waals surface area contributed by atoms with Crippen LogP contribution in [0.1, 0.15) is 26.2 Å². The van der Waals surface area contributed by atoms with E-state index in [9.17, 15) is 9.59 Å². The Morgan fingerprint density at radius 2 is 1.73 bits per heavy atom. The molecule has 0 radical (unpaired) electrons. The van der Waals surface area contributed by atoms with Crippen molar-refractivity contribution in [3.8, 4) is 0 Å². The first-order chi connectivity index (χ1) is 7.16. The molecular weight excluding hydrogens is 200 g/mol. The molecule has 0 bridgehead atoms. The Morgan fingerprint density at radius 3 is 2.27 bits per heavy atom. The molecule has 0 aliphatic heterocycles. The maximum absolute atomic E-state index is 10.8. The summed E-state index contributed by atoms with van der Waals surface area (Å²) in [7, 11) is 0. The van der Waals surface area contributed by atoms with Crippen molar-refractivity contribution in [1.29, 1.82) is 0 Å². The lowest BCUT2D eigenvalue weighted by molar-refractivity contribution is 0.152. The molecule has 88 valence electrons. The van der Waals surface area contributed by atoms with Gasteiger partial charge in [0.05, 0.1) is 6.61 Å². The number of hydrogen-bond acceptors (Lipinski definition) is 3. The molecule has 0 saturated carbocycles. The van der Waals surface area contributed by atoms with Gasteiger partial charge in [0, 0.05) is 13.1 Å². The van der Waals surface area contributed by atoms with Crippen LogP contribution in [0.3, 0.4) is 0 Å². The fraction of sp³-hybridized carbons (Fsp3) is 0.778. The predicted octanol–water partition coefficient (Wildman–Crippen LogP) is 1.17. The first-order valence-electron chi connectivity index (χ1n) is 5.04. The SMILES string of the molecule is CCOC(=O)NCCCCCNC(=O)O. The Morgan fingerprint density at radius 1 is 1.13 bits per heavy atom. The van der Waals surface area contributed by atoms with Crippen molar-refractivity contribution in [3.63, 3.8) is 0 Å². The van der Waals surface area contributed by atoms with Gasteiger partial charge in [-0.3, -0.25) is 0 Å². The number of carbonyl (C=O) groups excluding carboxylic acids is 1. The zero-order chi connectivity index (χ0) is 11.5. The van der Waals surface area contributed by atoms with E-state index in [1.807, 2.05) is 0 Å². The van der Waals surface area contributed by atoms with Gasteiger partial charge in [0.2, 0.25) is 0 Å². The van der Waals surface area contributed by atoms with E-state index in [0.29, 0.717) is 19.7 Å². The monoisotopic (exact) mass is 218 g/mol. The number of hydrogen-bond donors (Lipinski definition) is 3. The molecule has 0 atom stereocenters. The minimum Gasteiger partial charge on any atom is -0.465 e. The van der Waals surface area contributed by atoms with E-state index >= 15 is 0 Å². The maximum Gasteiger partial charge on any atom is 0.407 e. The van der Waals surface area contributed by atoms with Gasteiger partial charge in [-0.1, -0.05) is 0 Å². The Bertz CT molecular complexity index is 197. The van der Waals surface area contributed by atoms with Crippen LogP contribution in [0.2, 0.25) is 0 Å². The van der Waals surface area contributed by atoms with E-state index in [0.717, 1.165) is 19.3 Å². The largest absolute Gasteiger partial charge is 0.465 e. The molecule has 0 rings (SSSR count). The van der Waals surface area contributed by atoms with E-state index in [1.165, 1.54) is 0 Å². The third-order valence-electron chi connectivity index (χ3n) is 1.67. The smallest absolute Gasteiger partial charge is 0.407 e. The van der Waals surface area contributed by atoms with Crippen LogP contribution in [-0.4, -0.2) is 37.0 Å². The summed E-state index contributed by atoms with van der Waals surface area (Å²) in [6.45, 7) is 3.13. The number of amides is 2. The normalized spacial score (nSPS) is 9.40. The summed E-state index contributed by atoms with van der Waals surface area (Å²) in [4.78, 5) is 20.9. The lowest BCUT2D eigenvalue weighted by Crippen LogP contribution is -2.25. The van der Waals surface area contributed by atoms with Gasteiger partial charge in [-0.15, -0.1) is 0 Å². The summed E-state index contributed by atoms with van der Waals surface area (Å²) in [5, 5.41) is 13.1. The fourth-order valence-corrected chi connectivity index (χ4v) is 0.995. The van der Waals surface area contributed by atoms with Crippen LogP contribution in [0, 0.1) is 0 Å². The quantitative estimate of drug-likeness (QED) is 0.560. The average Bonchev–Trinajstić information content (AvgIpc) is 2.16. The van der Waals surface area contributed by atoms with Crippen molar-refractivity contribution in [1.82, 2.24) is 10.6 Å². The Labute approximate surface area is 89.0 Å². The van der Waals surface area contributed by atoms with Crippen LogP contribution < -0.4 is 10.6 Å². The molecule has 0 saturated heterocycles. The topological polar surface area (TPSA) is 87.7 Å². The number of alkyl carbamates (subject to hydrolysis) is 1. The summed E-state index contributed by atoms with van der Waals surface area (Å²) in [6, 6.07) is 0. The molecule has 6 nitrogen and oxygen atoms in total. The van der Waals surface area contributed by atoms with E-state index in [1.54, 1.807) is 6.92 Å². The number of ether oxygens (including phenoxy) is 1. The standard InChI is InChI=1S/C9H18N2O4/c1-2-15-9(14)11-7-5-3-4-6-10-8(12)13/h10H,2-7H2,1H3,(H,11,14)(H,12,13). The van der Waals surface area contributed by atoms with Crippen molar-refractivity contribution in [2.24, 2.45) is 0 Å². The predicted molar refractivity (Wildman–Crippen MR) is 54.9 cm³/mol. The van der Waals surface area contributed by atoms with Crippen molar-refractivity contribution in [3.05, 3.63) is 0 Å². The molecule has 15 heavy (non-hydrogen) atoms. The Hall–Kier alpha value is -1.46. The van der Waals surface area contributed by atoms with E-state index in [2.05, 4.69) is 15.4 Å².